The van der Waals surface area contributed by atoms with Crippen LogP contribution < -0.4 is 5.73 Å². The van der Waals surface area contributed by atoms with E-state index >= 15 is 0 Å². The van der Waals surface area contributed by atoms with Crippen LogP contribution in [-0.4, -0.2) is 22.2 Å². The number of phenols is 1. The quantitative estimate of drug-likeness (QED) is 0.643. The van der Waals surface area contributed by atoms with Gasteiger partial charge in [0.2, 0.25) is 0 Å². The fourth-order valence-electron chi connectivity index (χ4n) is 1.08. The zero-order valence-corrected chi connectivity index (χ0v) is 11.9. The first-order valence-electron chi connectivity index (χ1n) is 4.07. The van der Waals surface area contributed by atoms with Crippen molar-refractivity contribution in [2.45, 2.75) is 12.5 Å². The molecule has 0 aliphatic heterocycles. The van der Waals surface area contributed by atoms with Gasteiger partial charge in [-0.05, 0) is 69.3 Å². The third kappa shape index (κ3) is 3.45. The molecule has 0 heterocycles. The van der Waals surface area contributed by atoms with Crippen LogP contribution in [0.1, 0.15) is 5.56 Å². The highest BCUT2D eigenvalue weighted by molar-refractivity contribution is 14.1. The summed E-state index contributed by atoms with van der Waals surface area (Å²) in [5, 5.41) is 18.2. The average Bonchev–Trinajstić information content (AvgIpc) is 2.13. The third-order valence-electron chi connectivity index (χ3n) is 1.85. The number of carboxylic acids is 1. The standard InChI is InChI=1S/C9H9I2NO3/c10-5-1-4(2-6(11)8(5)13)3-7(12)9(14)15/h1-2,7,13H,3,12H2,(H,14,15)/t7-/m0/s1/i10-4,11-4. The summed E-state index contributed by atoms with van der Waals surface area (Å²) in [5.74, 6) is -0.795. The van der Waals surface area contributed by atoms with Gasteiger partial charge in [-0.15, -0.1) is 0 Å². The van der Waals surface area contributed by atoms with Crippen molar-refractivity contribution in [2.24, 2.45) is 5.73 Å². The maximum Gasteiger partial charge on any atom is 0.320 e. The molecule has 0 radical (unpaired) electrons. The van der Waals surface area contributed by atoms with Crippen LogP contribution in [0.15, 0.2) is 12.1 Å². The van der Waals surface area contributed by atoms with E-state index in [9.17, 15) is 9.90 Å². The van der Waals surface area contributed by atoms with Crippen LogP contribution in [-0.2, 0) is 11.2 Å². The summed E-state index contributed by atoms with van der Waals surface area (Å²) >= 11 is 3.99. The highest BCUT2D eigenvalue weighted by Crippen LogP contribution is 2.27. The molecular weight excluding hydrogens is 416 g/mol. The van der Waals surface area contributed by atoms with Crippen molar-refractivity contribution in [1.82, 2.24) is 0 Å². The molecule has 1 atom stereocenters. The van der Waals surface area contributed by atoms with Crippen molar-refractivity contribution in [3.63, 3.8) is 0 Å². The van der Waals surface area contributed by atoms with E-state index in [0.29, 0.717) is 7.14 Å². The smallest absolute Gasteiger partial charge is 0.320 e. The Labute approximate surface area is 114 Å². The number of carbonyl (C=O) groups is 1. The number of nitrogens with two attached hydrogens (primary N) is 1. The Morgan fingerprint density at radius 3 is 2.27 bits per heavy atom. The number of hydrogen-bond acceptors (Lipinski definition) is 3. The lowest BCUT2D eigenvalue weighted by Crippen LogP contribution is -2.32. The molecule has 1 aromatic rings. The van der Waals surface area contributed by atoms with Gasteiger partial charge in [-0.25, -0.2) is 0 Å². The van der Waals surface area contributed by atoms with Gasteiger partial charge in [0, 0.05) is 0 Å². The summed E-state index contributed by atoms with van der Waals surface area (Å²) in [5.41, 5.74) is 6.24. The Bertz CT molecular complexity index is 372. The maximum atomic E-state index is 10.6. The maximum absolute atomic E-state index is 10.6. The number of aliphatic carboxylic acids is 1. The zero-order valence-electron chi connectivity index (χ0n) is 7.58. The molecule has 0 aliphatic rings. The molecular formula is C9H9I2NO3. The van der Waals surface area contributed by atoms with E-state index in [1.807, 2.05) is 45.2 Å². The molecule has 6 heteroatoms. The number of benzene rings is 1. The monoisotopic (exact) mass is 425 g/mol. The summed E-state index contributed by atoms with van der Waals surface area (Å²) in [6.07, 6.45) is 0.265. The molecule has 0 aromatic heterocycles. The second-order valence-electron chi connectivity index (χ2n) is 3.06. The number of phenolic OH excluding ortho intramolecular Hbond substituents is 1. The van der Waals surface area contributed by atoms with Crippen LogP contribution in [0.5, 0.6) is 5.75 Å². The average molecular weight is 425 g/mol. The lowest BCUT2D eigenvalue weighted by molar-refractivity contribution is -0.138. The predicted molar refractivity (Wildman–Crippen MR) is 72.9 cm³/mol. The number of rotatable bonds is 3. The molecule has 0 aliphatic carbocycles. The molecule has 0 unspecified atom stereocenters. The Morgan fingerprint density at radius 2 is 1.87 bits per heavy atom. The van der Waals surface area contributed by atoms with Crippen molar-refractivity contribution in [3.8, 4) is 5.75 Å². The third-order valence-corrected chi connectivity index (χ3v) is 3.49. The second kappa shape index (κ2) is 5.30. The Hall–Kier alpha value is -0.0900. The fourth-order valence-corrected chi connectivity index (χ4v) is 2.97. The van der Waals surface area contributed by atoms with Gasteiger partial charge in [0.1, 0.15) is 11.8 Å². The SMILES string of the molecule is N[C@@H](Cc1cc([123I])c(O)c([123I])c1)C(=O)O. The van der Waals surface area contributed by atoms with Crippen molar-refractivity contribution in [2.75, 3.05) is 0 Å². The van der Waals surface area contributed by atoms with Crippen LogP contribution in [0, 0.1) is 7.14 Å². The molecule has 0 amide bonds. The largest absolute Gasteiger partial charge is 0.506 e. The van der Waals surface area contributed by atoms with Gasteiger partial charge in [0.15, 0.2) is 0 Å². The van der Waals surface area contributed by atoms with E-state index in [2.05, 4.69) is 0 Å². The molecule has 0 fully saturated rings. The molecule has 0 saturated heterocycles. The number of carboxylic acid groups (broad SMARTS) is 1. The molecule has 15 heavy (non-hydrogen) atoms. The van der Waals surface area contributed by atoms with Crippen LogP contribution in [0.4, 0.5) is 0 Å². The van der Waals surface area contributed by atoms with E-state index in [-0.39, 0.29) is 12.2 Å². The molecule has 0 saturated carbocycles. The van der Waals surface area contributed by atoms with Crippen molar-refractivity contribution in [3.05, 3.63) is 24.8 Å². The summed E-state index contributed by atoms with van der Waals surface area (Å²) in [7, 11) is 0. The van der Waals surface area contributed by atoms with E-state index in [4.69, 9.17) is 10.8 Å². The van der Waals surface area contributed by atoms with Gasteiger partial charge in [-0.2, -0.15) is 0 Å². The van der Waals surface area contributed by atoms with Gasteiger partial charge in [0.05, 0.1) is 7.14 Å². The normalized spacial score (nSPS) is 12.5. The van der Waals surface area contributed by atoms with Gasteiger partial charge in [-0.3, -0.25) is 4.79 Å². The molecule has 4 nitrogen and oxygen atoms in total. The lowest BCUT2D eigenvalue weighted by Gasteiger charge is -2.08. The number of halogens is 2. The second-order valence-corrected chi connectivity index (χ2v) is 5.38. The highest BCUT2D eigenvalue weighted by Gasteiger charge is 2.14. The molecule has 82 valence electrons. The fraction of sp³-hybridized carbons (Fsp3) is 0.222. The van der Waals surface area contributed by atoms with E-state index in [1.54, 1.807) is 12.1 Å². The van der Waals surface area contributed by atoms with E-state index in [0.717, 1.165) is 5.56 Å². The molecule has 4 N–H and O–H groups in total. The molecule has 1 rings (SSSR count). The Balaban J connectivity index is 2.92. The Kier molecular flexibility index (Phi) is 4.59. The number of hydrogen-bond donors (Lipinski definition) is 3. The Morgan fingerprint density at radius 1 is 1.40 bits per heavy atom. The van der Waals surface area contributed by atoms with Crippen LogP contribution in [0.25, 0.3) is 0 Å². The summed E-state index contributed by atoms with van der Waals surface area (Å²) in [6, 6.07) is 2.57. The van der Waals surface area contributed by atoms with Gasteiger partial charge in [0.25, 0.3) is 0 Å². The molecule has 0 spiro atoms. The first-order valence-corrected chi connectivity index (χ1v) is 6.23. The highest BCUT2D eigenvalue weighted by atomic mass is 123. The lowest BCUT2D eigenvalue weighted by atomic mass is 10.1. The van der Waals surface area contributed by atoms with Gasteiger partial charge < -0.3 is 15.9 Å². The minimum absolute atomic E-state index is 0.226. The van der Waals surface area contributed by atoms with Crippen LogP contribution in [0.3, 0.4) is 0 Å². The number of aromatic hydroxyl groups is 1. The van der Waals surface area contributed by atoms with Crippen molar-refractivity contribution in [1.29, 1.82) is 0 Å². The summed E-state index contributed by atoms with van der Waals surface area (Å²) < 4.78 is 1.40. The minimum Gasteiger partial charge on any atom is -0.506 e. The first kappa shape index (κ1) is 13.0. The zero-order chi connectivity index (χ0) is 11.6. The van der Waals surface area contributed by atoms with Crippen molar-refractivity contribution < 1.29 is 15.0 Å². The minimum atomic E-state index is -1.02. The van der Waals surface area contributed by atoms with Crippen molar-refractivity contribution >= 4 is 51.2 Å². The summed E-state index contributed by atoms with van der Waals surface area (Å²) in [4.78, 5) is 10.6. The van der Waals surface area contributed by atoms with E-state index < -0.39 is 12.0 Å². The van der Waals surface area contributed by atoms with Gasteiger partial charge >= 0.3 is 5.97 Å². The first-order chi connectivity index (χ1) is 6.91. The summed E-state index contributed by atoms with van der Waals surface area (Å²) in [6.45, 7) is 0. The molecule has 0 bridgehead atoms. The van der Waals surface area contributed by atoms with E-state index in [1.165, 1.54) is 0 Å². The topological polar surface area (TPSA) is 83.5 Å². The molecule has 1 aromatic carbocycles. The van der Waals surface area contributed by atoms with Gasteiger partial charge in [-0.1, -0.05) is 0 Å². The van der Waals surface area contributed by atoms with Crippen LogP contribution in [0.2, 0.25) is 0 Å². The van der Waals surface area contributed by atoms with Crippen LogP contribution >= 0.6 is 45.2 Å². The predicted octanol–water partition coefficient (Wildman–Crippen LogP) is 1.56.